The molecule has 0 unspecified atom stereocenters. The van der Waals surface area contributed by atoms with Gasteiger partial charge < -0.3 is 30.3 Å². The van der Waals surface area contributed by atoms with Crippen molar-refractivity contribution in [3.05, 3.63) is 83.9 Å². The molecule has 0 aliphatic heterocycles. The highest BCUT2D eigenvalue weighted by atomic mass is 16.5. The van der Waals surface area contributed by atoms with E-state index in [1.807, 2.05) is 0 Å². The molecule has 0 aliphatic carbocycles. The minimum absolute atomic E-state index is 0.116. The fraction of sp³-hybridized carbons (Fsp3) is 0.167. The standard InChI is InChI=1S/C24H24N2O6/c27-13-15-31-21-7-3-1-5-19(21)25-23(29)17-9-11-18(12-10-17)24(30)26-20-6-2-4-8-22(20)32-16-14-28/h1-12,27-28H,13-16H2,(H,25,29)(H,26,30). The number of amides is 2. The first-order valence-corrected chi connectivity index (χ1v) is 10.0. The summed E-state index contributed by atoms with van der Waals surface area (Å²) in [6, 6.07) is 20.0. The van der Waals surface area contributed by atoms with E-state index in [0.29, 0.717) is 34.0 Å². The van der Waals surface area contributed by atoms with Gasteiger partial charge in [-0.25, -0.2) is 0 Å². The van der Waals surface area contributed by atoms with Crippen molar-refractivity contribution < 1.29 is 29.3 Å². The van der Waals surface area contributed by atoms with E-state index in [4.69, 9.17) is 19.7 Å². The first kappa shape index (κ1) is 22.8. The summed E-state index contributed by atoms with van der Waals surface area (Å²) >= 11 is 0. The summed E-state index contributed by atoms with van der Waals surface area (Å²) in [6.07, 6.45) is 0. The molecule has 0 fully saturated rings. The van der Waals surface area contributed by atoms with E-state index in [2.05, 4.69) is 10.6 Å². The number of rotatable bonds is 10. The van der Waals surface area contributed by atoms with Gasteiger partial charge in [0.05, 0.1) is 24.6 Å². The summed E-state index contributed by atoms with van der Waals surface area (Å²) < 4.78 is 10.8. The molecule has 8 nitrogen and oxygen atoms in total. The molecule has 0 radical (unpaired) electrons. The molecular formula is C24H24N2O6. The van der Waals surface area contributed by atoms with Gasteiger partial charge in [0, 0.05) is 11.1 Å². The lowest BCUT2D eigenvalue weighted by atomic mass is 10.1. The molecule has 166 valence electrons. The number of nitrogens with one attached hydrogen (secondary N) is 2. The van der Waals surface area contributed by atoms with Gasteiger partial charge in [0.2, 0.25) is 0 Å². The zero-order valence-corrected chi connectivity index (χ0v) is 17.3. The minimum atomic E-state index is -0.361. The highest BCUT2D eigenvalue weighted by molar-refractivity contribution is 6.07. The highest BCUT2D eigenvalue weighted by Crippen LogP contribution is 2.25. The van der Waals surface area contributed by atoms with E-state index in [1.54, 1.807) is 72.8 Å². The first-order chi connectivity index (χ1) is 15.6. The van der Waals surface area contributed by atoms with Gasteiger partial charge in [-0.1, -0.05) is 24.3 Å². The molecule has 0 aliphatic rings. The average Bonchev–Trinajstić information content (AvgIpc) is 2.83. The van der Waals surface area contributed by atoms with Crippen molar-refractivity contribution in [2.75, 3.05) is 37.1 Å². The van der Waals surface area contributed by atoms with Crippen molar-refractivity contribution in [2.45, 2.75) is 0 Å². The molecule has 0 saturated carbocycles. The summed E-state index contributed by atoms with van der Waals surface area (Å²) in [6.45, 7) is -0.0383. The maximum Gasteiger partial charge on any atom is 0.255 e. The molecule has 0 spiro atoms. The van der Waals surface area contributed by atoms with Crippen LogP contribution in [0.5, 0.6) is 11.5 Å². The number of hydrogen-bond donors (Lipinski definition) is 4. The monoisotopic (exact) mass is 436 g/mol. The third-order valence-corrected chi connectivity index (χ3v) is 4.38. The molecule has 3 aromatic rings. The van der Waals surface area contributed by atoms with Crippen molar-refractivity contribution in [3.63, 3.8) is 0 Å². The number of aliphatic hydroxyl groups is 2. The number of carbonyl (C=O) groups is 2. The number of carbonyl (C=O) groups excluding carboxylic acids is 2. The highest BCUT2D eigenvalue weighted by Gasteiger charge is 2.13. The van der Waals surface area contributed by atoms with E-state index >= 15 is 0 Å². The Kier molecular flexibility index (Phi) is 8.19. The Morgan fingerprint density at radius 3 is 1.38 bits per heavy atom. The van der Waals surface area contributed by atoms with Crippen molar-refractivity contribution in [1.29, 1.82) is 0 Å². The molecule has 0 bridgehead atoms. The lowest BCUT2D eigenvalue weighted by Crippen LogP contribution is -2.15. The van der Waals surface area contributed by atoms with Crippen LogP contribution in [0, 0.1) is 0 Å². The van der Waals surface area contributed by atoms with Crippen LogP contribution >= 0.6 is 0 Å². The maximum absolute atomic E-state index is 12.6. The molecule has 4 N–H and O–H groups in total. The van der Waals surface area contributed by atoms with Gasteiger partial charge in [0.1, 0.15) is 24.7 Å². The number of para-hydroxylation sites is 4. The SMILES string of the molecule is O=C(Nc1ccccc1OCCO)c1ccc(C(=O)Nc2ccccc2OCCO)cc1. The molecule has 3 aromatic carbocycles. The smallest absolute Gasteiger partial charge is 0.255 e. The van der Waals surface area contributed by atoms with E-state index in [9.17, 15) is 9.59 Å². The fourth-order valence-electron chi connectivity index (χ4n) is 2.86. The van der Waals surface area contributed by atoms with Crippen LogP contribution in [0.15, 0.2) is 72.8 Å². The first-order valence-electron chi connectivity index (χ1n) is 10.0. The Morgan fingerprint density at radius 2 is 1.00 bits per heavy atom. The summed E-state index contributed by atoms with van der Waals surface area (Å²) in [7, 11) is 0. The topological polar surface area (TPSA) is 117 Å². The predicted octanol–water partition coefficient (Wildman–Crippen LogP) is 2.93. The second-order valence-corrected chi connectivity index (χ2v) is 6.62. The molecule has 3 rings (SSSR count). The molecule has 8 heteroatoms. The van der Waals surface area contributed by atoms with Crippen LogP contribution in [0.2, 0.25) is 0 Å². The van der Waals surface area contributed by atoms with E-state index in [0.717, 1.165) is 0 Å². The zero-order valence-electron chi connectivity index (χ0n) is 17.3. The largest absolute Gasteiger partial charge is 0.489 e. The second kappa shape index (κ2) is 11.5. The van der Waals surface area contributed by atoms with E-state index in [1.165, 1.54) is 0 Å². The normalized spacial score (nSPS) is 10.3. The minimum Gasteiger partial charge on any atom is -0.489 e. The van der Waals surface area contributed by atoms with Crippen molar-refractivity contribution in [3.8, 4) is 11.5 Å². The van der Waals surface area contributed by atoms with Crippen molar-refractivity contribution >= 4 is 23.2 Å². The predicted molar refractivity (Wildman–Crippen MR) is 120 cm³/mol. The van der Waals surface area contributed by atoms with Crippen LogP contribution in [-0.4, -0.2) is 48.5 Å². The summed E-state index contributed by atoms with van der Waals surface area (Å²) in [5.41, 5.74) is 1.69. The third kappa shape index (κ3) is 6.07. The molecular weight excluding hydrogens is 412 g/mol. The Labute approximate surface area is 185 Å². The van der Waals surface area contributed by atoms with Gasteiger partial charge in [0.15, 0.2) is 0 Å². The summed E-state index contributed by atoms with van der Waals surface area (Å²) in [5, 5.41) is 23.4. The molecule has 0 atom stereocenters. The van der Waals surface area contributed by atoms with Crippen LogP contribution in [0.25, 0.3) is 0 Å². The number of hydrogen-bond acceptors (Lipinski definition) is 6. The zero-order chi connectivity index (χ0) is 22.8. The molecule has 0 heterocycles. The Morgan fingerprint density at radius 1 is 0.625 bits per heavy atom. The van der Waals surface area contributed by atoms with E-state index in [-0.39, 0.29) is 38.2 Å². The Balaban J connectivity index is 1.66. The molecule has 2 amide bonds. The average molecular weight is 436 g/mol. The molecule has 0 aromatic heterocycles. The number of ether oxygens (including phenoxy) is 2. The Hall–Kier alpha value is -3.88. The van der Waals surface area contributed by atoms with Gasteiger partial charge in [0.25, 0.3) is 11.8 Å². The van der Waals surface area contributed by atoms with Crippen LogP contribution < -0.4 is 20.1 Å². The number of benzene rings is 3. The second-order valence-electron chi connectivity index (χ2n) is 6.62. The summed E-state index contributed by atoms with van der Waals surface area (Å²) in [5.74, 6) is 0.181. The fourth-order valence-corrected chi connectivity index (χ4v) is 2.86. The number of aliphatic hydroxyl groups excluding tert-OH is 2. The molecule has 0 saturated heterocycles. The van der Waals surface area contributed by atoms with Crippen LogP contribution in [0.1, 0.15) is 20.7 Å². The van der Waals surface area contributed by atoms with Crippen molar-refractivity contribution in [1.82, 2.24) is 0 Å². The Bertz CT molecular complexity index is 968. The van der Waals surface area contributed by atoms with Crippen LogP contribution in [0.4, 0.5) is 11.4 Å². The summed E-state index contributed by atoms with van der Waals surface area (Å²) in [4.78, 5) is 25.2. The van der Waals surface area contributed by atoms with Crippen LogP contribution in [0.3, 0.4) is 0 Å². The van der Waals surface area contributed by atoms with Crippen LogP contribution in [-0.2, 0) is 0 Å². The van der Waals surface area contributed by atoms with E-state index < -0.39 is 0 Å². The van der Waals surface area contributed by atoms with Gasteiger partial charge in [-0.15, -0.1) is 0 Å². The molecule has 32 heavy (non-hydrogen) atoms. The van der Waals surface area contributed by atoms with Gasteiger partial charge in [-0.2, -0.15) is 0 Å². The third-order valence-electron chi connectivity index (χ3n) is 4.38. The maximum atomic E-state index is 12.6. The number of anilines is 2. The van der Waals surface area contributed by atoms with Gasteiger partial charge in [-0.05, 0) is 48.5 Å². The quantitative estimate of drug-likeness (QED) is 0.388. The van der Waals surface area contributed by atoms with Gasteiger partial charge in [-0.3, -0.25) is 9.59 Å². The van der Waals surface area contributed by atoms with Gasteiger partial charge >= 0.3 is 0 Å². The van der Waals surface area contributed by atoms with Crippen molar-refractivity contribution in [2.24, 2.45) is 0 Å². The lowest BCUT2D eigenvalue weighted by molar-refractivity contribution is 0.101. The lowest BCUT2D eigenvalue weighted by Gasteiger charge is -2.13.